The second-order valence-corrected chi connectivity index (χ2v) is 9.22. The zero-order valence-electron chi connectivity index (χ0n) is 17.5. The number of rotatable bonds is 7. The van der Waals surface area contributed by atoms with Crippen LogP contribution in [-0.4, -0.2) is 75.5 Å². The van der Waals surface area contributed by atoms with E-state index in [-0.39, 0.29) is 48.5 Å². The third-order valence-electron chi connectivity index (χ3n) is 4.78. The van der Waals surface area contributed by atoms with Gasteiger partial charge in [-0.05, 0) is 25.3 Å². The normalized spacial score (nSPS) is 18.6. The Labute approximate surface area is 191 Å². The summed E-state index contributed by atoms with van der Waals surface area (Å²) in [5.74, 6) is 0.388. The van der Waals surface area contributed by atoms with E-state index in [0.29, 0.717) is 19.0 Å². The first-order valence-corrected chi connectivity index (χ1v) is 11.3. The Hall–Kier alpha value is -1.40. The lowest BCUT2D eigenvalue weighted by Crippen LogP contribution is -2.47. The smallest absolute Gasteiger partial charge is 0.243 e. The van der Waals surface area contributed by atoms with E-state index in [1.54, 1.807) is 14.1 Å². The Morgan fingerprint density at radius 2 is 1.97 bits per heavy atom. The Kier molecular flexibility index (Phi) is 10.3. The van der Waals surface area contributed by atoms with Crippen molar-refractivity contribution in [3.05, 3.63) is 35.9 Å². The molecule has 29 heavy (non-hydrogen) atoms. The maximum Gasteiger partial charge on any atom is 0.243 e. The largest absolute Gasteiger partial charge is 0.355 e. The van der Waals surface area contributed by atoms with Gasteiger partial charge in [0.05, 0.1) is 12.3 Å². The maximum atomic E-state index is 11.9. The second kappa shape index (κ2) is 11.7. The number of hydrogen-bond acceptors (Lipinski definition) is 4. The number of nitrogens with one attached hydrogen (secondary N) is 2. The highest BCUT2D eigenvalue weighted by atomic mass is 127. The van der Waals surface area contributed by atoms with Gasteiger partial charge in [0.2, 0.25) is 15.9 Å². The lowest BCUT2D eigenvalue weighted by Gasteiger charge is -2.25. The van der Waals surface area contributed by atoms with Gasteiger partial charge in [-0.15, -0.1) is 24.0 Å². The molecule has 1 aliphatic heterocycles. The number of carbonyl (C=O) groups is 1. The summed E-state index contributed by atoms with van der Waals surface area (Å²) in [5, 5.41) is 6.53. The van der Waals surface area contributed by atoms with E-state index in [9.17, 15) is 13.2 Å². The minimum Gasteiger partial charge on any atom is -0.355 e. The number of carbonyl (C=O) groups excluding carboxylic acids is 1. The van der Waals surface area contributed by atoms with Crippen LogP contribution >= 0.6 is 24.0 Å². The molecule has 164 valence electrons. The highest BCUT2D eigenvalue weighted by Crippen LogP contribution is 2.19. The van der Waals surface area contributed by atoms with Crippen molar-refractivity contribution in [3.8, 4) is 0 Å². The molecule has 2 rings (SSSR count). The summed E-state index contributed by atoms with van der Waals surface area (Å²) >= 11 is 0. The lowest BCUT2D eigenvalue weighted by molar-refractivity contribution is -0.127. The minimum absolute atomic E-state index is 0. The van der Waals surface area contributed by atoms with Crippen LogP contribution in [0.2, 0.25) is 0 Å². The summed E-state index contributed by atoms with van der Waals surface area (Å²) in [5.41, 5.74) is 1.09. The van der Waals surface area contributed by atoms with E-state index in [2.05, 4.69) is 15.6 Å². The van der Waals surface area contributed by atoms with Crippen molar-refractivity contribution in [3.63, 3.8) is 0 Å². The molecule has 1 amide bonds. The fraction of sp³-hybridized carbons (Fsp3) is 0.579. The molecule has 1 heterocycles. The molecule has 1 saturated heterocycles. The molecule has 8 nitrogen and oxygen atoms in total. The number of nitrogens with zero attached hydrogens (tertiary/aromatic N) is 3. The number of benzene rings is 1. The summed E-state index contributed by atoms with van der Waals surface area (Å²) in [6, 6.07) is 9.80. The van der Waals surface area contributed by atoms with Crippen LogP contribution in [-0.2, 0) is 14.8 Å². The number of likely N-dealkylation sites (N-methyl/N-ethyl adjacent to an activating group) is 1. The fourth-order valence-corrected chi connectivity index (χ4v) is 4.32. The Bertz CT molecular complexity index is 786. The molecule has 1 fully saturated rings. The van der Waals surface area contributed by atoms with Gasteiger partial charge in [0.25, 0.3) is 0 Å². The van der Waals surface area contributed by atoms with Crippen molar-refractivity contribution in [2.24, 2.45) is 4.99 Å². The molecule has 0 aromatic heterocycles. The third kappa shape index (κ3) is 8.09. The summed E-state index contributed by atoms with van der Waals surface area (Å²) in [6.07, 6.45) is 2.89. The predicted molar refractivity (Wildman–Crippen MR) is 127 cm³/mol. The average molecular weight is 537 g/mol. The van der Waals surface area contributed by atoms with Crippen molar-refractivity contribution in [1.29, 1.82) is 0 Å². The van der Waals surface area contributed by atoms with Gasteiger partial charge in [-0.2, -0.15) is 4.31 Å². The molecule has 1 aliphatic rings. The van der Waals surface area contributed by atoms with Crippen molar-refractivity contribution < 1.29 is 13.2 Å². The number of halogens is 1. The number of sulfonamides is 1. The molecule has 2 atom stereocenters. The van der Waals surface area contributed by atoms with Gasteiger partial charge in [-0.1, -0.05) is 30.3 Å². The maximum absolute atomic E-state index is 11.9. The van der Waals surface area contributed by atoms with Crippen LogP contribution in [0.5, 0.6) is 0 Å². The van der Waals surface area contributed by atoms with Gasteiger partial charge in [0.1, 0.15) is 6.54 Å². The van der Waals surface area contributed by atoms with E-state index in [0.717, 1.165) is 18.4 Å². The van der Waals surface area contributed by atoms with Crippen LogP contribution in [0.15, 0.2) is 35.3 Å². The summed E-state index contributed by atoms with van der Waals surface area (Å²) in [4.78, 5) is 17.8. The topological polar surface area (TPSA) is 94.1 Å². The zero-order valence-corrected chi connectivity index (χ0v) is 20.6. The fourth-order valence-electron chi connectivity index (χ4n) is 3.14. The van der Waals surface area contributed by atoms with Crippen LogP contribution < -0.4 is 10.6 Å². The standard InChI is InChI=1S/C19H31N5O3S.HI/c1-15(16-9-6-5-7-10-16)22-19(21-14-18(25)23(2)3)20-13-17-11-8-12-24(17)28(4,26)27;/h5-7,9-10,15,17H,8,11-14H2,1-4H3,(H2,20,21,22);1H/t15?,17-;/m1./s1. The van der Waals surface area contributed by atoms with Crippen molar-refractivity contribution in [2.45, 2.75) is 31.8 Å². The highest BCUT2D eigenvalue weighted by molar-refractivity contribution is 14.0. The van der Waals surface area contributed by atoms with Crippen molar-refractivity contribution >= 4 is 45.9 Å². The number of guanidine groups is 1. The molecular weight excluding hydrogens is 505 g/mol. The van der Waals surface area contributed by atoms with Gasteiger partial charge in [0.15, 0.2) is 5.96 Å². The molecule has 10 heteroatoms. The molecular formula is C19H32IN5O3S. The number of hydrogen-bond donors (Lipinski definition) is 2. The molecule has 0 spiro atoms. The van der Waals surface area contributed by atoms with Crippen LogP contribution in [0, 0.1) is 0 Å². The SMILES string of the molecule is CC(NC(=NCC(=O)N(C)C)NC[C@H]1CCCN1S(C)(=O)=O)c1ccccc1.I. The molecule has 2 N–H and O–H groups in total. The molecule has 1 aromatic carbocycles. The summed E-state index contributed by atoms with van der Waals surface area (Å²) in [6.45, 7) is 3.02. The number of aliphatic imine (C=N–C) groups is 1. The van der Waals surface area contributed by atoms with E-state index in [4.69, 9.17) is 0 Å². The Morgan fingerprint density at radius 3 is 2.55 bits per heavy atom. The van der Waals surface area contributed by atoms with E-state index in [1.165, 1.54) is 15.5 Å². The molecule has 1 unspecified atom stereocenters. The first-order chi connectivity index (χ1) is 13.2. The van der Waals surface area contributed by atoms with E-state index in [1.807, 2.05) is 37.3 Å². The highest BCUT2D eigenvalue weighted by Gasteiger charge is 2.31. The summed E-state index contributed by atoms with van der Waals surface area (Å²) in [7, 11) is 0.146. The van der Waals surface area contributed by atoms with Crippen molar-refractivity contribution in [2.75, 3.05) is 40.0 Å². The third-order valence-corrected chi connectivity index (χ3v) is 6.11. The van der Waals surface area contributed by atoms with E-state index >= 15 is 0 Å². The van der Waals surface area contributed by atoms with Gasteiger partial charge >= 0.3 is 0 Å². The van der Waals surface area contributed by atoms with Crippen LogP contribution in [0.1, 0.15) is 31.4 Å². The van der Waals surface area contributed by atoms with Gasteiger partial charge in [-0.3, -0.25) is 4.79 Å². The van der Waals surface area contributed by atoms with Gasteiger partial charge in [-0.25, -0.2) is 13.4 Å². The Morgan fingerprint density at radius 1 is 1.31 bits per heavy atom. The first-order valence-electron chi connectivity index (χ1n) is 9.45. The van der Waals surface area contributed by atoms with E-state index < -0.39 is 10.0 Å². The summed E-state index contributed by atoms with van der Waals surface area (Å²) < 4.78 is 25.4. The molecule has 0 radical (unpaired) electrons. The van der Waals surface area contributed by atoms with Crippen molar-refractivity contribution in [1.82, 2.24) is 19.8 Å². The van der Waals surface area contributed by atoms with Gasteiger partial charge in [0, 0.05) is 33.2 Å². The first kappa shape index (κ1) is 25.6. The molecule has 0 saturated carbocycles. The minimum atomic E-state index is -3.23. The number of amides is 1. The van der Waals surface area contributed by atoms with Gasteiger partial charge < -0.3 is 15.5 Å². The monoisotopic (exact) mass is 537 g/mol. The average Bonchev–Trinajstić information content (AvgIpc) is 3.13. The zero-order chi connectivity index (χ0) is 20.7. The van der Waals surface area contributed by atoms with Crippen LogP contribution in [0.3, 0.4) is 0 Å². The quantitative estimate of drug-likeness (QED) is 0.312. The van der Waals surface area contributed by atoms with Crippen LogP contribution in [0.25, 0.3) is 0 Å². The Balaban J connectivity index is 0.00000420. The second-order valence-electron chi connectivity index (χ2n) is 7.28. The predicted octanol–water partition coefficient (Wildman–Crippen LogP) is 1.41. The molecule has 0 bridgehead atoms. The molecule has 0 aliphatic carbocycles. The molecule has 1 aromatic rings. The lowest BCUT2D eigenvalue weighted by atomic mass is 10.1. The van der Waals surface area contributed by atoms with Crippen LogP contribution in [0.4, 0.5) is 0 Å².